The van der Waals surface area contributed by atoms with Crippen LogP contribution in [0.25, 0.3) is 0 Å². The predicted molar refractivity (Wildman–Crippen MR) is 91.1 cm³/mol. The van der Waals surface area contributed by atoms with E-state index in [0.717, 1.165) is 0 Å². The number of carbonyl (C=O) groups is 1. The number of hydrogen-bond donors (Lipinski definition) is 2. The first-order valence-electron chi connectivity index (χ1n) is 6.99. The number of hydrogen-bond acceptors (Lipinski definition) is 5. The Morgan fingerprint density at radius 2 is 1.67 bits per heavy atom. The van der Waals surface area contributed by atoms with Crippen molar-refractivity contribution in [3.63, 3.8) is 0 Å². The number of rotatable bonds is 6. The van der Waals surface area contributed by atoms with E-state index in [0.29, 0.717) is 17.2 Å². The van der Waals surface area contributed by atoms with Gasteiger partial charge in [-0.05, 0) is 36.4 Å². The van der Waals surface area contributed by atoms with Crippen LogP contribution >= 0.6 is 0 Å². The van der Waals surface area contributed by atoms with Crippen LogP contribution in [0.2, 0.25) is 0 Å². The van der Waals surface area contributed by atoms with E-state index in [1.54, 1.807) is 18.2 Å². The zero-order valence-electron chi connectivity index (χ0n) is 13.5. The van der Waals surface area contributed by atoms with Gasteiger partial charge in [0.05, 0.1) is 24.8 Å². The highest BCUT2D eigenvalue weighted by molar-refractivity contribution is 7.92. The first-order valence-corrected chi connectivity index (χ1v) is 8.47. The van der Waals surface area contributed by atoms with Gasteiger partial charge in [0.2, 0.25) is 5.91 Å². The molecule has 7 nitrogen and oxygen atoms in total. The Bertz CT molecular complexity index is 832. The Labute approximate surface area is 140 Å². The number of para-hydroxylation sites is 1. The van der Waals surface area contributed by atoms with E-state index in [-0.39, 0.29) is 16.5 Å². The Balaban J connectivity index is 2.30. The summed E-state index contributed by atoms with van der Waals surface area (Å²) in [6, 6.07) is 10.7. The summed E-state index contributed by atoms with van der Waals surface area (Å²) < 4.78 is 37.8. The first-order chi connectivity index (χ1) is 11.4. The molecule has 2 aromatic carbocycles. The molecule has 0 aliphatic rings. The summed E-state index contributed by atoms with van der Waals surface area (Å²) in [5, 5.41) is 2.58. The molecule has 0 radical (unpaired) electrons. The summed E-state index contributed by atoms with van der Waals surface area (Å²) in [6.45, 7) is 1.38. The minimum atomic E-state index is -3.81. The maximum atomic E-state index is 12.5. The normalized spacial score (nSPS) is 10.8. The molecule has 0 bridgehead atoms. The Kier molecular flexibility index (Phi) is 5.30. The number of benzene rings is 2. The summed E-state index contributed by atoms with van der Waals surface area (Å²) >= 11 is 0. The van der Waals surface area contributed by atoms with Gasteiger partial charge in [-0.15, -0.1) is 0 Å². The van der Waals surface area contributed by atoms with Gasteiger partial charge < -0.3 is 14.8 Å². The number of amides is 1. The minimum absolute atomic E-state index is 0.0569. The molecule has 0 saturated carbocycles. The summed E-state index contributed by atoms with van der Waals surface area (Å²) in [4.78, 5) is 11.1. The lowest BCUT2D eigenvalue weighted by molar-refractivity contribution is -0.114. The zero-order valence-corrected chi connectivity index (χ0v) is 14.3. The molecule has 24 heavy (non-hydrogen) atoms. The number of nitrogens with one attached hydrogen (secondary N) is 2. The molecule has 0 fully saturated rings. The second-order valence-corrected chi connectivity index (χ2v) is 6.53. The third kappa shape index (κ3) is 3.96. The maximum Gasteiger partial charge on any atom is 0.262 e. The lowest BCUT2D eigenvalue weighted by Crippen LogP contribution is -2.14. The number of sulfonamides is 1. The van der Waals surface area contributed by atoms with Gasteiger partial charge in [-0.25, -0.2) is 8.42 Å². The summed E-state index contributed by atoms with van der Waals surface area (Å²) in [6.07, 6.45) is 0. The van der Waals surface area contributed by atoms with Crippen LogP contribution < -0.4 is 19.5 Å². The van der Waals surface area contributed by atoms with E-state index in [1.165, 1.54) is 45.4 Å². The van der Waals surface area contributed by atoms with E-state index in [9.17, 15) is 13.2 Å². The SMILES string of the molecule is COc1cccc(NS(=O)(=O)c2ccc(NC(C)=O)cc2)c1OC. The molecule has 0 aromatic heterocycles. The average molecular weight is 350 g/mol. The molecule has 0 spiro atoms. The Morgan fingerprint density at radius 1 is 1.00 bits per heavy atom. The highest BCUT2D eigenvalue weighted by atomic mass is 32.2. The van der Waals surface area contributed by atoms with E-state index in [4.69, 9.17) is 9.47 Å². The number of carbonyl (C=O) groups excluding carboxylic acids is 1. The van der Waals surface area contributed by atoms with Gasteiger partial charge in [-0.2, -0.15) is 0 Å². The van der Waals surface area contributed by atoms with Crippen molar-refractivity contribution in [2.45, 2.75) is 11.8 Å². The smallest absolute Gasteiger partial charge is 0.262 e. The van der Waals surface area contributed by atoms with Crippen molar-refractivity contribution >= 4 is 27.3 Å². The molecule has 2 rings (SSSR count). The standard InChI is InChI=1S/C16H18N2O5S/c1-11(19)17-12-7-9-13(10-8-12)24(20,21)18-14-5-4-6-15(22-2)16(14)23-3/h4-10,18H,1-3H3,(H,17,19). The topological polar surface area (TPSA) is 93.7 Å². The maximum absolute atomic E-state index is 12.5. The molecule has 0 aliphatic carbocycles. The van der Waals surface area contributed by atoms with E-state index in [2.05, 4.69) is 10.0 Å². The lowest BCUT2D eigenvalue weighted by atomic mass is 10.3. The fourth-order valence-electron chi connectivity index (χ4n) is 2.09. The molecule has 0 heterocycles. The summed E-state index contributed by atoms with van der Waals surface area (Å²) in [7, 11) is -0.917. The molecule has 2 aromatic rings. The predicted octanol–water partition coefficient (Wildman–Crippen LogP) is 2.46. The third-order valence-electron chi connectivity index (χ3n) is 3.13. The van der Waals surface area contributed by atoms with Crippen LogP contribution in [-0.4, -0.2) is 28.5 Å². The fraction of sp³-hybridized carbons (Fsp3) is 0.188. The molecule has 0 unspecified atom stereocenters. The summed E-state index contributed by atoms with van der Waals surface area (Å²) in [5.74, 6) is 0.474. The highest BCUT2D eigenvalue weighted by Crippen LogP contribution is 2.35. The van der Waals surface area contributed by atoms with Gasteiger partial charge in [-0.3, -0.25) is 9.52 Å². The lowest BCUT2D eigenvalue weighted by Gasteiger charge is -2.14. The number of anilines is 2. The van der Waals surface area contributed by atoms with Gasteiger partial charge in [0, 0.05) is 12.6 Å². The molecule has 1 amide bonds. The van der Waals surface area contributed by atoms with Crippen LogP contribution in [-0.2, 0) is 14.8 Å². The Morgan fingerprint density at radius 3 is 2.21 bits per heavy atom. The van der Waals surface area contributed by atoms with Crippen molar-refractivity contribution in [2.24, 2.45) is 0 Å². The fourth-order valence-corrected chi connectivity index (χ4v) is 3.15. The van der Waals surface area contributed by atoms with Crippen molar-refractivity contribution in [1.82, 2.24) is 0 Å². The second-order valence-electron chi connectivity index (χ2n) is 4.85. The van der Waals surface area contributed by atoms with Crippen molar-refractivity contribution in [1.29, 1.82) is 0 Å². The number of methoxy groups -OCH3 is 2. The van der Waals surface area contributed by atoms with E-state index < -0.39 is 10.0 Å². The zero-order chi connectivity index (χ0) is 17.7. The molecule has 0 saturated heterocycles. The van der Waals surface area contributed by atoms with E-state index in [1.807, 2.05) is 0 Å². The monoisotopic (exact) mass is 350 g/mol. The van der Waals surface area contributed by atoms with Gasteiger partial charge in [0.1, 0.15) is 0 Å². The second kappa shape index (κ2) is 7.22. The van der Waals surface area contributed by atoms with E-state index >= 15 is 0 Å². The molecule has 128 valence electrons. The molecule has 2 N–H and O–H groups in total. The quantitative estimate of drug-likeness (QED) is 0.835. The van der Waals surface area contributed by atoms with Crippen LogP contribution in [0.4, 0.5) is 11.4 Å². The largest absolute Gasteiger partial charge is 0.493 e. The third-order valence-corrected chi connectivity index (χ3v) is 4.51. The summed E-state index contributed by atoms with van der Waals surface area (Å²) in [5.41, 5.74) is 0.781. The van der Waals surface area contributed by atoms with Gasteiger partial charge >= 0.3 is 0 Å². The molecular formula is C16H18N2O5S. The van der Waals surface area contributed by atoms with Crippen molar-refractivity contribution < 1.29 is 22.7 Å². The van der Waals surface area contributed by atoms with Crippen LogP contribution in [0.3, 0.4) is 0 Å². The minimum Gasteiger partial charge on any atom is -0.493 e. The van der Waals surface area contributed by atoms with Crippen LogP contribution in [0.5, 0.6) is 11.5 Å². The highest BCUT2D eigenvalue weighted by Gasteiger charge is 2.18. The van der Waals surface area contributed by atoms with Gasteiger partial charge in [0.15, 0.2) is 11.5 Å². The van der Waals surface area contributed by atoms with Crippen molar-refractivity contribution in [2.75, 3.05) is 24.3 Å². The van der Waals surface area contributed by atoms with Crippen LogP contribution in [0.15, 0.2) is 47.4 Å². The van der Waals surface area contributed by atoms with Crippen LogP contribution in [0, 0.1) is 0 Å². The van der Waals surface area contributed by atoms with Crippen molar-refractivity contribution in [3.05, 3.63) is 42.5 Å². The Hall–Kier alpha value is -2.74. The first kappa shape index (κ1) is 17.6. The van der Waals surface area contributed by atoms with Gasteiger partial charge in [-0.1, -0.05) is 6.07 Å². The van der Waals surface area contributed by atoms with Gasteiger partial charge in [0.25, 0.3) is 10.0 Å². The molecule has 0 atom stereocenters. The molecular weight excluding hydrogens is 332 g/mol. The molecule has 8 heteroatoms. The van der Waals surface area contributed by atoms with Crippen LogP contribution in [0.1, 0.15) is 6.92 Å². The number of ether oxygens (including phenoxy) is 2. The average Bonchev–Trinajstić information content (AvgIpc) is 2.54. The van der Waals surface area contributed by atoms with Crippen molar-refractivity contribution in [3.8, 4) is 11.5 Å². The molecule has 0 aliphatic heterocycles.